The van der Waals surface area contributed by atoms with Crippen molar-refractivity contribution in [3.05, 3.63) is 5.82 Å². The highest BCUT2D eigenvalue weighted by atomic mass is 32.2. The van der Waals surface area contributed by atoms with Gasteiger partial charge in [0.25, 0.3) is 0 Å². The van der Waals surface area contributed by atoms with E-state index in [1.54, 1.807) is 0 Å². The zero-order valence-electron chi connectivity index (χ0n) is 11.7. The summed E-state index contributed by atoms with van der Waals surface area (Å²) in [4.78, 5) is 10.7. The summed E-state index contributed by atoms with van der Waals surface area (Å²) < 4.78 is 2.15. The van der Waals surface area contributed by atoms with Crippen LogP contribution in [0.15, 0.2) is 5.16 Å². The van der Waals surface area contributed by atoms with E-state index in [1.165, 1.54) is 24.6 Å². The molecule has 0 amide bonds. The predicted molar refractivity (Wildman–Crippen MR) is 74.3 cm³/mol. The van der Waals surface area contributed by atoms with Crippen LogP contribution >= 0.6 is 11.8 Å². The molecule has 1 N–H and O–H groups in total. The molecule has 0 saturated heterocycles. The van der Waals surface area contributed by atoms with Crippen molar-refractivity contribution < 1.29 is 9.90 Å². The first-order valence-electron chi connectivity index (χ1n) is 6.76. The molecule has 2 rings (SSSR count). The molecule has 106 valence electrons. The molecule has 0 radical (unpaired) electrons. The van der Waals surface area contributed by atoms with Gasteiger partial charge < -0.3 is 9.67 Å². The summed E-state index contributed by atoms with van der Waals surface area (Å²) >= 11 is 1.26. The summed E-state index contributed by atoms with van der Waals surface area (Å²) in [5.41, 5.74) is 0. The number of carbonyl (C=O) groups is 1. The van der Waals surface area contributed by atoms with Crippen LogP contribution in [0, 0.1) is 18.8 Å². The number of hydrogen-bond acceptors (Lipinski definition) is 4. The third kappa shape index (κ3) is 3.11. The average molecular weight is 283 g/mol. The van der Waals surface area contributed by atoms with E-state index in [4.69, 9.17) is 5.11 Å². The zero-order chi connectivity index (χ0) is 14.0. The van der Waals surface area contributed by atoms with Crippen molar-refractivity contribution in [2.24, 2.45) is 11.8 Å². The molecular formula is C13H21N3O2S. The Bertz CT molecular complexity index is 461. The first-order chi connectivity index (χ1) is 9.00. The van der Waals surface area contributed by atoms with Gasteiger partial charge >= 0.3 is 5.97 Å². The maximum atomic E-state index is 10.7. The summed E-state index contributed by atoms with van der Waals surface area (Å²) in [6.07, 6.45) is 3.62. The number of carboxylic acids is 1. The van der Waals surface area contributed by atoms with Crippen LogP contribution < -0.4 is 0 Å². The number of carboxylic acid groups (broad SMARTS) is 1. The maximum Gasteiger partial charge on any atom is 0.313 e. The van der Waals surface area contributed by atoms with Crippen LogP contribution in [0.5, 0.6) is 0 Å². The fraction of sp³-hybridized carbons (Fsp3) is 0.769. The van der Waals surface area contributed by atoms with Crippen LogP contribution in [0.1, 0.15) is 45.0 Å². The van der Waals surface area contributed by atoms with Gasteiger partial charge in [0.05, 0.1) is 5.75 Å². The Morgan fingerprint density at radius 3 is 2.84 bits per heavy atom. The number of aromatic nitrogens is 3. The minimum atomic E-state index is -0.817. The van der Waals surface area contributed by atoms with Crippen molar-refractivity contribution in [2.75, 3.05) is 5.75 Å². The first-order valence-corrected chi connectivity index (χ1v) is 7.75. The number of aryl methyl sites for hydroxylation is 1. The molecule has 0 aliphatic heterocycles. The van der Waals surface area contributed by atoms with Gasteiger partial charge in [-0.15, -0.1) is 10.2 Å². The molecule has 1 fully saturated rings. The molecule has 1 saturated carbocycles. The van der Waals surface area contributed by atoms with Gasteiger partial charge in [-0.1, -0.05) is 38.5 Å². The standard InChI is InChI=1S/C13H21N3O2S/c1-8-5-4-6-11(9(8)2)16-10(3)14-15-13(16)19-7-12(17)18/h8-9,11H,4-7H2,1-3H3,(H,17,18). The molecule has 1 heterocycles. The number of thioether (sulfide) groups is 1. The topological polar surface area (TPSA) is 68.0 Å². The van der Waals surface area contributed by atoms with Gasteiger partial charge in [-0.3, -0.25) is 4.79 Å². The molecule has 3 unspecified atom stereocenters. The van der Waals surface area contributed by atoms with Crippen LogP contribution in [0.25, 0.3) is 0 Å². The first kappa shape index (κ1) is 14.4. The Hall–Kier alpha value is -1.04. The highest BCUT2D eigenvalue weighted by molar-refractivity contribution is 7.99. The van der Waals surface area contributed by atoms with E-state index in [-0.39, 0.29) is 5.75 Å². The van der Waals surface area contributed by atoms with E-state index < -0.39 is 5.97 Å². The summed E-state index contributed by atoms with van der Waals surface area (Å²) in [6, 6.07) is 0.398. The van der Waals surface area contributed by atoms with Crippen molar-refractivity contribution in [3.63, 3.8) is 0 Å². The largest absolute Gasteiger partial charge is 0.481 e. The molecule has 1 aromatic heterocycles. The highest BCUT2D eigenvalue weighted by Gasteiger charge is 2.31. The van der Waals surface area contributed by atoms with Gasteiger partial charge in [-0.05, 0) is 25.2 Å². The molecule has 0 aromatic carbocycles. The molecule has 1 aliphatic carbocycles. The van der Waals surface area contributed by atoms with Gasteiger partial charge in [-0.25, -0.2) is 0 Å². The Morgan fingerprint density at radius 1 is 1.42 bits per heavy atom. The summed E-state index contributed by atoms with van der Waals surface area (Å²) in [5, 5.41) is 17.8. The Morgan fingerprint density at radius 2 is 2.16 bits per heavy atom. The molecular weight excluding hydrogens is 262 g/mol. The van der Waals surface area contributed by atoms with Crippen molar-refractivity contribution in [1.29, 1.82) is 0 Å². The van der Waals surface area contributed by atoms with Crippen molar-refractivity contribution >= 4 is 17.7 Å². The second kappa shape index (κ2) is 5.94. The van der Waals surface area contributed by atoms with Crippen molar-refractivity contribution in [2.45, 2.75) is 51.2 Å². The minimum absolute atomic E-state index is 0.0365. The SMILES string of the molecule is Cc1nnc(SCC(=O)O)n1C1CCCC(C)C1C. The van der Waals surface area contributed by atoms with E-state index in [0.717, 1.165) is 17.4 Å². The van der Waals surface area contributed by atoms with Crippen molar-refractivity contribution in [3.8, 4) is 0 Å². The van der Waals surface area contributed by atoms with Crippen LogP contribution in [-0.4, -0.2) is 31.6 Å². The summed E-state index contributed by atoms with van der Waals surface area (Å²) in [5.74, 6) is 1.38. The number of hydrogen-bond donors (Lipinski definition) is 1. The third-order valence-electron chi connectivity index (χ3n) is 4.16. The van der Waals surface area contributed by atoms with E-state index in [2.05, 4.69) is 28.6 Å². The third-order valence-corrected chi connectivity index (χ3v) is 5.08. The zero-order valence-corrected chi connectivity index (χ0v) is 12.5. The molecule has 1 aromatic rings. The van der Waals surface area contributed by atoms with Gasteiger partial charge in [0, 0.05) is 6.04 Å². The van der Waals surface area contributed by atoms with Gasteiger partial charge in [-0.2, -0.15) is 0 Å². The molecule has 3 atom stereocenters. The van der Waals surface area contributed by atoms with E-state index in [1.807, 2.05) is 6.92 Å². The maximum absolute atomic E-state index is 10.7. The number of aliphatic carboxylic acids is 1. The van der Waals surface area contributed by atoms with Crippen LogP contribution in [-0.2, 0) is 4.79 Å². The van der Waals surface area contributed by atoms with E-state index >= 15 is 0 Å². The fourth-order valence-electron chi connectivity index (χ4n) is 2.87. The molecule has 0 bridgehead atoms. The smallest absolute Gasteiger partial charge is 0.313 e. The second-order valence-electron chi connectivity index (χ2n) is 5.42. The van der Waals surface area contributed by atoms with Gasteiger partial charge in [0.2, 0.25) is 0 Å². The normalized spacial score (nSPS) is 27.4. The quantitative estimate of drug-likeness (QED) is 0.861. The predicted octanol–water partition coefficient (Wildman–Crippen LogP) is 2.76. The van der Waals surface area contributed by atoms with E-state index in [0.29, 0.717) is 17.9 Å². The molecule has 0 spiro atoms. The monoisotopic (exact) mass is 283 g/mol. The van der Waals surface area contributed by atoms with E-state index in [9.17, 15) is 4.79 Å². The van der Waals surface area contributed by atoms with Crippen LogP contribution in [0.3, 0.4) is 0 Å². The second-order valence-corrected chi connectivity index (χ2v) is 6.36. The summed E-state index contributed by atoms with van der Waals surface area (Å²) in [7, 11) is 0. The molecule has 6 heteroatoms. The average Bonchev–Trinajstić information content (AvgIpc) is 2.72. The van der Waals surface area contributed by atoms with Gasteiger partial charge in [0.1, 0.15) is 5.82 Å². The Kier molecular flexibility index (Phi) is 4.50. The molecule has 19 heavy (non-hydrogen) atoms. The number of nitrogens with zero attached hydrogens (tertiary/aromatic N) is 3. The van der Waals surface area contributed by atoms with Crippen LogP contribution in [0.4, 0.5) is 0 Å². The lowest BCUT2D eigenvalue weighted by Gasteiger charge is -2.35. The molecule has 5 nitrogen and oxygen atoms in total. The number of rotatable bonds is 4. The Labute approximate surface area is 117 Å². The Balaban J connectivity index is 2.22. The highest BCUT2D eigenvalue weighted by Crippen LogP contribution is 2.39. The lowest BCUT2D eigenvalue weighted by molar-refractivity contribution is -0.133. The van der Waals surface area contributed by atoms with Crippen LogP contribution in [0.2, 0.25) is 0 Å². The lowest BCUT2D eigenvalue weighted by Crippen LogP contribution is -2.28. The lowest BCUT2D eigenvalue weighted by atomic mass is 9.78. The fourth-order valence-corrected chi connectivity index (χ4v) is 3.63. The molecule has 1 aliphatic rings. The summed E-state index contributed by atoms with van der Waals surface area (Å²) in [6.45, 7) is 6.52. The minimum Gasteiger partial charge on any atom is -0.481 e. The van der Waals surface area contributed by atoms with Crippen molar-refractivity contribution in [1.82, 2.24) is 14.8 Å². The van der Waals surface area contributed by atoms with Gasteiger partial charge in [0.15, 0.2) is 5.16 Å².